The smallest absolute Gasteiger partial charge is 0.131 e. The monoisotopic (exact) mass is 129 g/mol. The fraction of sp³-hybridized carbons (Fsp3) is 1.00. The number of halogens is 2. The Balaban J connectivity index is 3.15. The summed E-state index contributed by atoms with van der Waals surface area (Å²) in [6, 6.07) is 0. The molecule has 0 aromatic heterocycles. The van der Waals surface area contributed by atoms with Crippen LogP contribution in [-0.2, 0) is 4.74 Å². The average molecular weight is 130 g/mol. The Labute approximate surface area is 48.6 Å². The number of rotatable bonds is 2. The summed E-state index contributed by atoms with van der Waals surface area (Å²) < 4.78 is 11.2. The molecule has 0 fully saturated rings. The highest BCUT2D eigenvalue weighted by Crippen LogP contribution is 1.99. The average Bonchev–Trinajstić information content (AvgIpc) is 1.30. The molecular weight excluding hydrogens is 123 g/mol. The molecule has 0 aromatic carbocycles. The first kappa shape index (κ1) is 4.69. The van der Waals surface area contributed by atoms with Crippen LogP contribution in [-0.4, -0.2) is 18.5 Å². The summed E-state index contributed by atoms with van der Waals surface area (Å²) in [6.07, 6.45) is 0. The SMILES string of the molecule is [2H]C(Cl)(Cl)COC. The van der Waals surface area contributed by atoms with Gasteiger partial charge in [0.15, 0.2) is 0 Å². The first-order valence-electron chi connectivity index (χ1n) is 1.93. The molecule has 0 unspecified atom stereocenters. The van der Waals surface area contributed by atoms with E-state index in [1.807, 2.05) is 0 Å². The summed E-state index contributed by atoms with van der Waals surface area (Å²) in [5.41, 5.74) is 0. The zero-order valence-electron chi connectivity index (χ0n) is 4.37. The molecule has 0 amide bonds. The summed E-state index contributed by atoms with van der Waals surface area (Å²) in [5.74, 6) is 0. The van der Waals surface area contributed by atoms with Crippen molar-refractivity contribution in [2.24, 2.45) is 0 Å². The van der Waals surface area contributed by atoms with E-state index in [9.17, 15) is 0 Å². The van der Waals surface area contributed by atoms with Gasteiger partial charge in [-0.2, -0.15) is 0 Å². The van der Waals surface area contributed by atoms with E-state index >= 15 is 0 Å². The van der Waals surface area contributed by atoms with Gasteiger partial charge in [-0.3, -0.25) is 0 Å². The van der Waals surface area contributed by atoms with Gasteiger partial charge in [0.2, 0.25) is 0 Å². The molecule has 6 heavy (non-hydrogen) atoms. The Kier molecular flexibility index (Phi) is 2.91. The number of hydrogen-bond donors (Lipinski definition) is 0. The fourth-order valence-corrected chi connectivity index (χ4v) is 0.327. The van der Waals surface area contributed by atoms with Gasteiger partial charge in [0, 0.05) is 7.11 Å². The lowest BCUT2D eigenvalue weighted by molar-refractivity contribution is 0.211. The number of methoxy groups -OCH3 is 1. The highest BCUT2D eigenvalue weighted by atomic mass is 35.5. The van der Waals surface area contributed by atoms with Crippen molar-refractivity contribution in [3.05, 3.63) is 0 Å². The fourth-order valence-electron chi connectivity index (χ4n) is 0.109. The van der Waals surface area contributed by atoms with Crippen LogP contribution in [0.15, 0.2) is 0 Å². The molecule has 0 aliphatic rings. The lowest BCUT2D eigenvalue weighted by Crippen LogP contribution is -1.96. The summed E-state index contributed by atoms with van der Waals surface area (Å²) in [4.78, 5) is -1.48. The van der Waals surface area contributed by atoms with Crippen molar-refractivity contribution < 1.29 is 6.11 Å². The minimum atomic E-state index is -1.48. The number of hydrogen-bond acceptors (Lipinski definition) is 1. The second-order valence-electron chi connectivity index (χ2n) is 0.772. The third-order valence-electron chi connectivity index (χ3n) is 0.253. The van der Waals surface area contributed by atoms with E-state index in [-0.39, 0.29) is 6.61 Å². The molecule has 0 heterocycles. The summed E-state index contributed by atoms with van der Waals surface area (Å²) in [7, 11) is 1.44. The lowest BCUT2D eigenvalue weighted by atomic mass is 10.9. The molecule has 0 aliphatic carbocycles. The maximum absolute atomic E-state index is 6.74. The normalized spacial score (nSPS) is 14.2. The minimum absolute atomic E-state index is 0.0378. The van der Waals surface area contributed by atoms with E-state index in [1.165, 1.54) is 7.11 Å². The van der Waals surface area contributed by atoms with Crippen LogP contribution in [0.1, 0.15) is 1.37 Å². The highest BCUT2D eigenvalue weighted by Gasteiger charge is 1.91. The molecule has 0 aliphatic heterocycles. The Hall–Kier alpha value is 0.540. The Morgan fingerprint density at radius 3 is 2.50 bits per heavy atom. The molecule has 3 heteroatoms. The third kappa shape index (κ3) is 4.54. The van der Waals surface area contributed by atoms with E-state index in [4.69, 9.17) is 24.6 Å². The van der Waals surface area contributed by atoms with Crippen LogP contribution in [0.25, 0.3) is 0 Å². The van der Waals surface area contributed by atoms with Gasteiger partial charge in [0.05, 0.1) is 7.98 Å². The largest absolute Gasteiger partial charge is 0.382 e. The van der Waals surface area contributed by atoms with E-state index in [1.54, 1.807) is 0 Å². The standard InChI is InChI=1S/C3H6Cl2O/c1-6-2-3(4)5/h3H,2H2,1H3/i3D. The zero-order chi connectivity index (χ0) is 5.91. The lowest BCUT2D eigenvalue weighted by Gasteiger charge is -1.93. The molecule has 0 rings (SSSR count). The van der Waals surface area contributed by atoms with Crippen LogP contribution in [0.5, 0.6) is 0 Å². The van der Waals surface area contributed by atoms with Gasteiger partial charge in [-0.1, -0.05) is 0 Å². The molecule has 0 N–H and O–H groups in total. The van der Waals surface area contributed by atoms with Crippen molar-refractivity contribution in [2.75, 3.05) is 13.7 Å². The maximum atomic E-state index is 6.74. The molecule has 0 atom stereocenters. The molecule has 38 valence electrons. The first-order chi connectivity index (χ1) is 3.06. The summed E-state index contributed by atoms with van der Waals surface area (Å²) in [5, 5.41) is 0. The molecule has 0 aromatic rings. The topological polar surface area (TPSA) is 9.23 Å². The van der Waals surface area contributed by atoms with Crippen molar-refractivity contribution in [3.63, 3.8) is 0 Å². The van der Waals surface area contributed by atoms with Crippen LogP contribution < -0.4 is 0 Å². The Bertz CT molecular complexity index is 51.4. The second-order valence-corrected chi connectivity index (χ2v) is 1.88. The predicted molar refractivity (Wildman–Crippen MR) is 27.4 cm³/mol. The van der Waals surface area contributed by atoms with Crippen molar-refractivity contribution in [2.45, 2.75) is 4.81 Å². The van der Waals surface area contributed by atoms with Crippen molar-refractivity contribution in [1.29, 1.82) is 0 Å². The molecule has 0 bridgehead atoms. The quantitative estimate of drug-likeness (QED) is 0.514. The predicted octanol–water partition coefficient (Wildman–Crippen LogP) is 1.44. The maximum Gasteiger partial charge on any atom is 0.131 e. The summed E-state index contributed by atoms with van der Waals surface area (Å²) >= 11 is 10.3. The van der Waals surface area contributed by atoms with Gasteiger partial charge >= 0.3 is 0 Å². The Morgan fingerprint density at radius 2 is 2.50 bits per heavy atom. The number of ether oxygens (including phenoxy) is 1. The van der Waals surface area contributed by atoms with Crippen LogP contribution in [0.2, 0.25) is 0 Å². The third-order valence-corrected chi connectivity index (χ3v) is 0.472. The molecule has 0 saturated carbocycles. The van der Waals surface area contributed by atoms with Gasteiger partial charge in [-0.05, 0) is 0 Å². The number of alkyl halides is 2. The molecule has 0 saturated heterocycles. The van der Waals surface area contributed by atoms with Crippen LogP contribution >= 0.6 is 23.2 Å². The first-order valence-corrected chi connectivity index (χ1v) is 2.18. The van der Waals surface area contributed by atoms with Crippen LogP contribution in [0, 0.1) is 0 Å². The van der Waals surface area contributed by atoms with Crippen LogP contribution in [0.3, 0.4) is 0 Å². The minimum Gasteiger partial charge on any atom is -0.382 e. The molecular formula is C3H6Cl2O. The van der Waals surface area contributed by atoms with E-state index < -0.39 is 4.81 Å². The molecule has 0 radical (unpaired) electrons. The van der Waals surface area contributed by atoms with Gasteiger partial charge in [0.25, 0.3) is 0 Å². The molecule has 0 spiro atoms. The van der Waals surface area contributed by atoms with E-state index in [0.717, 1.165) is 0 Å². The van der Waals surface area contributed by atoms with E-state index in [0.29, 0.717) is 0 Å². The van der Waals surface area contributed by atoms with Gasteiger partial charge in [0.1, 0.15) is 4.81 Å². The van der Waals surface area contributed by atoms with Crippen molar-refractivity contribution >= 4 is 23.2 Å². The Morgan fingerprint density at radius 1 is 2.00 bits per heavy atom. The van der Waals surface area contributed by atoms with Crippen molar-refractivity contribution in [1.82, 2.24) is 0 Å². The van der Waals surface area contributed by atoms with Gasteiger partial charge in [-0.25, -0.2) is 0 Å². The highest BCUT2D eigenvalue weighted by molar-refractivity contribution is 6.44. The van der Waals surface area contributed by atoms with E-state index in [2.05, 4.69) is 4.74 Å². The van der Waals surface area contributed by atoms with Gasteiger partial charge < -0.3 is 4.74 Å². The zero-order valence-corrected chi connectivity index (χ0v) is 4.88. The molecule has 1 nitrogen and oxygen atoms in total. The summed E-state index contributed by atoms with van der Waals surface area (Å²) in [6.45, 7) is 0.0378. The second kappa shape index (κ2) is 3.72. The van der Waals surface area contributed by atoms with Crippen LogP contribution in [0.4, 0.5) is 0 Å². The van der Waals surface area contributed by atoms with Crippen molar-refractivity contribution in [3.8, 4) is 0 Å². The van der Waals surface area contributed by atoms with Gasteiger partial charge in [-0.15, -0.1) is 23.2 Å².